The molecule has 0 radical (unpaired) electrons. The van der Waals surface area contributed by atoms with E-state index in [0.717, 1.165) is 25.7 Å². The molecule has 0 unspecified atom stereocenters. The third-order valence-corrected chi connectivity index (χ3v) is 4.03. The standard InChI is InChI=1S/C13H15Cl2NO/c14-9-13(6-1-2-7-13)16-12(17)10-4-3-5-11(15)8-10/h3-5,8H,1-2,6-7,9H2,(H,16,17). The maximum absolute atomic E-state index is 12.1. The van der Waals surface area contributed by atoms with E-state index in [9.17, 15) is 4.79 Å². The van der Waals surface area contributed by atoms with Crippen molar-refractivity contribution in [2.24, 2.45) is 0 Å². The molecule has 2 nitrogen and oxygen atoms in total. The molecule has 1 aromatic carbocycles. The van der Waals surface area contributed by atoms with Gasteiger partial charge >= 0.3 is 0 Å². The predicted octanol–water partition coefficient (Wildman–Crippen LogP) is 3.62. The number of hydrogen-bond donors (Lipinski definition) is 1. The highest BCUT2D eigenvalue weighted by Crippen LogP contribution is 2.31. The van der Waals surface area contributed by atoms with E-state index in [0.29, 0.717) is 16.5 Å². The number of hydrogen-bond acceptors (Lipinski definition) is 1. The molecule has 1 aliphatic carbocycles. The summed E-state index contributed by atoms with van der Waals surface area (Å²) in [5, 5.41) is 3.63. The molecule has 1 N–H and O–H groups in total. The van der Waals surface area contributed by atoms with Gasteiger partial charge in [-0.2, -0.15) is 0 Å². The van der Waals surface area contributed by atoms with Crippen LogP contribution < -0.4 is 5.32 Å². The van der Waals surface area contributed by atoms with Crippen molar-refractivity contribution in [1.29, 1.82) is 0 Å². The van der Waals surface area contributed by atoms with E-state index < -0.39 is 0 Å². The fourth-order valence-electron chi connectivity index (χ4n) is 2.29. The van der Waals surface area contributed by atoms with Crippen LogP contribution in [0.25, 0.3) is 0 Å². The number of rotatable bonds is 3. The van der Waals surface area contributed by atoms with Gasteiger partial charge in [0.05, 0.1) is 5.54 Å². The lowest BCUT2D eigenvalue weighted by molar-refractivity contribution is 0.0909. The van der Waals surface area contributed by atoms with E-state index in [4.69, 9.17) is 23.2 Å². The number of carbonyl (C=O) groups excluding carboxylic acids is 1. The van der Waals surface area contributed by atoms with E-state index in [1.165, 1.54) is 0 Å². The summed E-state index contributed by atoms with van der Waals surface area (Å²) in [6.07, 6.45) is 4.18. The second-order valence-electron chi connectivity index (χ2n) is 4.59. The minimum Gasteiger partial charge on any atom is -0.345 e. The van der Waals surface area contributed by atoms with Crippen molar-refractivity contribution in [3.05, 3.63) is 34.9 Å². The Morgan fingerprint density at radius 2 is 2.06 bits per heavy atom. The Morgan fingerprint density at radius 3 is 2.65 bits per heavy atom. The number of alkyl halides is 1. The molecule has 17 heavy (non-hydrogen) atoms. The van der Waals surface area contributed by atoms with Crippen LogP contribution in [0.2, 0.25) is 5.02 Å². The normalized spacial score (nSPS) is 18.0. The average Bonchev–Trinajstić information content (AvgIpc) is 2.78. The van der Waals surface area contributed by atoms with Crippen LogP contribution in [0.4, 0.5) is 0 Å². The fourth-order valence-corrected chi connectivity index (χ4v) is 2.81. The second-order valence-corrected chi connectivity index (χ2v) is 5.29. The van der Waals surface area contributed by atoms with E-state index in [1.54, 1.807) is 24.3 Å². The first kappa shape index (κ1) is 12.7. The molecular formula is C13H15Cl2NO. The molecule has 0 aliphatic heterocycles. The molecule has 0 aromatic heterocycles. The molecule has 0 atom stereocenters. The topological polar surface area (TPSA) is 29.1 Å². The predicted molar refractivity (Wildman–Crippen MR) is 70.8 cm³/mol. The van der Waals surface area contributed by atoms with Crippen molar-refractivity contribution in [2.45, 2.75) is 31.2 Å². The van der Waals surface area contributed by atoms with E-state index in [-0.39, 0.29) is 11.4 Å². The molecule has 2 rings (SSSR count). The summed E-state index contributed by atoms with van der Waals surface area (Å²) in [7, 11) is 0. The van der Waals surface area contributed by atoms with Crippen molar-refractivity contribution in [2.75, 3.05) is 5.88 Å². The van der Waals surface area contributed by atoms with Gasteiger partial charge in [-0.05, 0) is 31.0 Å². The SMILES string of the molecule is O=C(NC1(CCl)CCCC1)c1cccc(Cl)c1. The Labute approximate surface area is 111 Å². The number of carbonyl (C=O) groups is 1. The van der Waals surface area contributed by atoms with Crippen LogP contribution in [0.3, 0.4) is 0 Å². The Bertz CT molecular complexity index is 414. The lowest BCUT2D eigenvalue weighted by Crippen LogP contribution is -2.47. The third-order valence-electron chi connectivity index (χ3n) is 3.28. The minimum atomic E-state index is -0.221. The van der Waals surface area contributed by atoms with Gasteiger partial charge in [0.25, 0.3) is 5.91 Å². The zero-order valence-electron chi connectivity index (χ0n) is 9.51. The molecule has 1 amide bonds. The molecule has 0 heterocycles. The zero-order chi connectivity index (χ0) is 12.3. The Kier molecular flexibility index (Phi) is 3.95. The number of nitrogens with one attached hydrogen (secondary N) is 1. The van der Waals surface area contributed by atoms with E-state index in [2.05, 4.69) is 5.32 Å². The quantitative estimate of drug-likeness (QED) is 0.836. The smallest absolute Gasteiger partial charge is 0.251 e. The molecule has 0 saturated heterocycles. The van der Waals surface area contributed by atoms with Crippen molar-refractivity contribution < 1.29 is 4.79 Å². The lowest BCUT2D eigenvalue weighted by atomic mass is 9.99. The highest BCUT2D eigenvalue weighted by molar-refractivity contribution is 6.31. The summed E-state index contributed by atoms with van der Waals surface area (Å²) >= 11 is 11.9. The highest BCUT2D eigenvalue weighted by Gasteiger charge is 2.34. The molecule has 1 aliphatic rings. The highest BCUT2D eigenvalue weighted by atomic mass is 35.5. The average molecular weight is 272 g/mol. The van der Waals surface area contributed by atoms with E-state index >= 15 is 0 Å². The van der Waals surface area contributed by atoms with Crippen molar-refractivity contribution in [3.63, 3.8) is 0 Å². The molecule has 1 aromatic rings. The number of benzene rings is 1. The monoisotopic (exact) mass is 271 g/mol. The van der Waals surface area contributed by atoms with Crippen LogP contribution in [0, 0.1) is 0 Å². The van der Waals surface area contributed by atoms with Crippen LogP contribution >= 0.6 is 23.2 Å². The molecule has 0 spiro atoms. The lowest BCUT2D eigenvalue weighted by Gasteiger charge is -2.27. The molecular weight excluding hydrogens is 257 g/mol. The van der Waals surface area contributed by atoms with Crippen LogP contribution in [0.1, 0.15) is 36.0 Å². The van der Waals surface area contributed by atoms with Gasteiger partial charge in [-0.25, -0.2) is 0 Å². The molecule has 92 valence electrons. The summed E-state index contributed by atoms with van der Waals surface area (Å²) in [5.74, 6) is 0.384. The Balaban J connectivity index is 2.11. The van der Waals surface area contributed by atoms with Crippen LogP contribution in [0.15, 0.2) is 24.3 Å². The molecule has 4 heteroatoms. The van der Waals surface area contributed by atoms with Crippen LogP contribution in [-0.2, 0) is 0 Å². The summed E-state index contributed by atoms with van der Waals surface area (Å²) < 4.78 is 0. The molecule has 1 fully saturated rings. The summed E-state index contributed by atoms with van der Waals surface area (Å²) in [4.78, 5) is 12.1. The maximum Gasteiger partial charge on any atom is 0.251 e. The summed E-state index contributed by atoms with van der Waals surface area (Å²) in [6.45, 7) is 0. The minimum absolute atomic E-state index is 0.0879. The Morgan fingerprint density at radius 1 is 1.35 bits per heavy atom. The van der Waals surface area contributed by atoms with Crippen LogP contribution in [-0.4, -0.2) is 17.3 Å². The molecule has 1 saturated carbocycles. The summed E-state index contributed by atoms with van der Waals surface area (Å²) in [6, 6.07) is 6.97. The third kappa shape index (κ3) is 2.93. The fraction of sp³-hybridized carbons (Fsp3) is 0.462. The van der Waals surface area contributed by atoms with Gasteiger partial charge in [0.2, 0.25) is 0 Å². The number of halogens is 2. The maximum atomic E-state index is 12.1. The van der Waals surface area contributed by atoms with Gasteiger partial charge in [0, 0.05) is 16.5 Å². The first-order chi connectivity index (χ1) is 8.15. The van der Waals surface area contributed by atoms with Gasteiger partial charge in [0.1, 0.15) is 0 Å². The summed E-state index contributed by atoms with van der Waals surface area (Å²) in [5.41, 5.74) is 0.370. The van der Waals surface area contributed by atoms with Gasteiger partial charge in [-0.1, -0.05) is 30.5 Å². The van der Waals surface area contributed by atoms with Crippen molar-refractivity contribution in [1.82, 2.24) is 5.32 Å². The van der Waals surface area contributed by atoms with Gasteiger partial charge in [-0.15, -0.1) is 11.6 Å². The van der Waals surface area contributed by atoms with Gasteiger partial charge in [-0.3, -0.25) is 4.79 Å². The van der Waals surface area contributed by atoms with E-state index in [1.807, 2.05) is 0 Å². The zero-order valence-corrected chi connectivity index (χ0v) is 11.0. The van der Waals surface area contributed by atoms with Crippen molar-refractivity contribution >= 4 is 29.1 Å². The van der Waals surface area contributed by atoms with Gasteiger partial charge < -0.3 is 5.32 Å². The van der Waals surface area contributed by atoms with Crippen molar-refractivity contribution in [3.8, 4) is 0 Å². The van der Waals surface area contributed by atoms with Gasteiger partial charge in [0.15, 0.2) is 0 Å². The second kappa shape index (κ2) is 5.28. The molecule has 0 bridgehead atoms. The largest absolute Gasteiger partial charge is 0.345 e. The Hall–Kier alpha value is -0.730. The van der Waals surface area contributed by atoms with Crippen LogP contribution in [0.5, 0.6) is 0 Å². The first-order valence-corrected chi connectivity index (χ1v) is 6.70. The first-order valence-electron chi connectivity index (χ1n) is 5.79. The number of amides is 1.